The van der Waals surface area contributed by atoms with Gasteiger partial charge in [0.1, 0.15) is 5.41 Å². The summed E-state index contributed by atoms with van der Waals surface area (Å²) in [5.41, 5.74) is 0.997. The Hall–Kier alpha value is -1.27. The quantitative estimate of drug-likeness (QED) is 0.811. The summed E-state index contributed by atoms with van der Waals surface area (Å²) in [6.45, 7) is 7.80. The fourth-order valence-electron chi connectivity index (χ4n) is 1.53. The molecule has 0 radical (unpaired) electrons. The fraction of sp³-hybridized carbons (Fsp3) is 0.462. The van der Waals surface area contributed by atoms with E-state index in [0.29, 0.717) is 6.61 Å². The Morgan fingerprint density at radius 2 is 1.89 bits per heavy atom. The molecule has 2 heterocycles. The van der Waals surface area contributed by atoms with Crippen LogP contribution in [0, 0.1) is 6.92 Å². The van der Waals surface area contributed by atoms with E-state index in [2.05, 4.69) is 9.97 Å². The van der Waals surface area contributed by atoms with Crippen molar-refractivity contribution in [3.05, 3.63) is 22.1 Å². The zero-order chi connectivity index (χ0) is 14.0. The van der Waals surface area contributed by atoms with E-state index < -0.39 is 5.41 Å². The van der Waals surface area contributed by atoms with Crippen LogP contribution in [0.3, 0.4) is 0 Å². The van der Waals surface area contributed by atoms with Crippen molar-refractivity contribution in [2.45, 2.75) is 33.1 Å². The summed E-state index contributed by atoms with van der Waals surface area (Å²) >= 11 is 3.07. The lowest BCUT2D eigenvalue weighted by molar-refractivity contribution is -0.148. The van der Waals surface area contributed by atoms with E-state index in [1.54, 1.807) is 18.3 Å². The van der Waals surface area contributed by atoms with Crippen LogP contribution in [-0.4, -0.2) is 22.5 Å². The monoisotopic (exact) mass is 296 g/mol. The van der Waals surface area contributed by atoms with Crippen LogP contribution in [-0.2, 0) is 14.9 Å². The molecule has 4 nitrogen and oxygen atoms in total. The number of ether oxygens (including phenoxy) is 1. The smallest absolute Gasteiger partial charge is 0.317 e. The predicted octanol–water partition coefficient (Wildman–Crippen LogP) is 3.42. The first-order valence-electron chi connectivity index (χ1n) is 6.01. The molecular weight excluding hydrogens is 280 g/mol. The largest absolute Gasteiger partial charge is 0.465 e. The second kappa shape index (κ2) is 5.38. The van der Waals surface area contributed by atoms with Crippen LogP contribution in [0.25, 0.3) is 10.0 Å². The fourth-order valence-corrected chi connectivity index (χ4v) is 3.36. The van der Waals surface area contributed by atoms with Gasteiger partial charge in [0.25, 0.3) is 0 Å². The Morgan fingerprint density at radius 3 is 2.47 bits per heavy atom. The second-order valence-corrected chi connectivity index (χ2v) is 6.39. The zero-order valence-electron chi connectivity index (χ0n) is 11.4. The van der Waals surface area contributed by atoms with Gasteiger partial charge in [0.2, 0.25) is 0 Å². The Balaban J connectivity index is 2.28. The van der Waals surface area contributed by atoms with Crippen LogP contribution in [0.2, 0.25) is 0 Å². The van der Waals surface area contributed by atoms with Crippen LogP contribution in [0.1, 0.15) is 32.2 Å². The van der Waals surface area contributed by atoms with Gasteiger partial charge in [0.15, 0.2) is 10.0 Å². The lowest BCUT2D eigenvalue weighted by Gasteiger charge is -2.19. The Kier molecular flexibility index (Phi) is 4.01. The maximum absolute atomic E-state index is 11.9. The van der Waals surface area contributed by atoms with E-state index in [1.807, 2.05) is 31.5 Å². The molecule has 6 heteroatoms. The van der Waals surface area contributed by atoms with Gasteiger partial charge in [-0.05, 0) is 27.7 Å². The number of esters is 1. The van der Waals surface area contributed by atoms with Crippen LogP contribution in [0.15, 0.2) is 10.8 Å². The minimum absolute atomic E-state index is 0.248. The van der Waals surface area contributed by atoms with Gasteiger partial charge in [0.05, 0.1) is 12.3 Å². The third kappa shape index (κ3) is 2.84. The summed E-state index contributed by atoms with van der Waals surface area (Å²) < 4.78 is 5.09. The summed E-state index contributed by atoms with van der Waals surface area (Å²) in [6, 6.07) is 0. The highest BCUT2D eigenvalue weighted by Gasteiger charge is 2.34. The first kappa shape index (κ1) is 14.1. The molecule has 102 valence electrons. The zero-order valence-corrected chi connectivity index (χ0v) is 13.0. The van der Waals surface area contributed by atoms with E-state index in [-0.39, 0.29) is 5.97 Å². The van der Waals surface area contributed by atoms with Crippen molar-refractivity contribution >= 4 is 28.6 Å². The molecule has 0 aliphatic heterocycles. The molecule has 2 aromatic heterocycles. The molecule has 0 fully saturated rings. The Bertz CT molecular complexity index is 587. The second-order valence-electron chi connectivity index (χ2n) is 4.68. The van der Waals surface area contributed by atoms with E-state index in [1.165, 1.54) is 11.3 Å². The van der Waals surface area contributed by atoms with Crippen LogP contribution in [0.5, 0.6) is 0 Å². The molecule has 0 amide bonds. The maximum atomic E-state index is 11.9. The SMILES string of the molecule is CCOC(=O)C(C)(C)c1csc(-c2nc(C)cs2)n1. The third-order valence-corrected chi connectivity index (χ3v) is 4.68. The number of carbonyl (C=O) groups excluding carboxylic acids is 1. The average Bonchev–Trinajstić information content (AvgIpc) is 2.97. The molecule has 19 heavy (non-hydrogen) atoms. The number of rotatable bonds is 4. The van der Waals surface area contributed by atoms with E-state index in [4.69, 9.17) is 4.74 Å². The maximum Gasteiger partial charge on any atom is 0.317 e. The van der Waals surface area contributed by atoms with Gasteiger partial charge in [-0.25, -0.2) is 9.97 Å². The van der Waals surface area contributed by atoms with Crippen molar-refractivity contribution in [3.8, 4) is 10.0 Å². The molecule has 0 aromatic carbocycles. The number of hydrogen-bond donors (Lipinski definition) is 0. The highest BCUT2D eigenvalue weighted by molar-refractivity contribution is 7.19. The van der Waals surface area contributed by atoms with Crippen molar-refractivity contribution in [1.29, 1.82) is 0 Å². The van der Waals surface area contributed by atoms with Crippen LogP contribution < -0.4 is 0 Å². The molecule has 0 spiro atoms. The Morgan fingerprint density at radius 1 is 1.26 bits per heavy atom. The average molecular weight is 296 g/mol. The molecule has 0 N–H and O–H groups in total. The minimum Gasteiger partial charge on any atom is -0.465 e. The standard InChI is InChI=1S/C13H16N2O2S2/c1-5-17-12(16)13(3,4)9-7-19-11(15-9)10-14-8(2)6-18-10/h6-7H,5H2,1-4H3. The molecule has 0 aliphatic rings. The molecule has 2 rings (SSSR count). The van der Waals surface area contributed by atoms with Crippen molar-refractivity contribution in [2.75, 3.05) is 6.61 Å². The highest BCUT2D eigenvalue weighted by Crippen LogP contribution is 2.32. The molecule has 0 saturated heterocycles. The predicted molar refractivity (Wildman–Crippen MR) is 77.6 cm³/mol. The third-order valence-electron chi connectivity index (χ3n) is 2.73. The molecule has 2 aromatic rings. The van der Waals surface area contributed by atoms with Gasteiger partial charge in [-0.2, -0.15) is 0 Å². The summed E-state index contributed by atoms with van der Waals surface area (Å²) in [4.78, 5) is 20.9. The summed E-state index contributed by atoms with van der Waals surface area (Å²) in [5, 5.41) is 5.65. The van der Waals surface area contributed by atoms with Gasteiger partial charge < -0.3 is 4.74 Å². The van der Waals surface area contributed by atoms with Crippen molar-refractivity contribution in [2.24, 2.45) is 0 Å². The normalized spacial score (nSPS) is 11.6. The lowest BCUT2D eigenvalue weighted by Crippen LogP contribution is -2.31. The number of aryl methyl sites for hydroxylation is 1. The molecule has 0 saturated carbocycles. The topological polar surface area (TPSA) is 52.1 Å². The van der Waals surface area contributed by atoms with Gasteiger partial charge in [0, 0.05) is 16.5 Å². The summed E-state index contributed by atoms with van der Waals surface area (Å²) in [7, 11) is 0. The Labute approximate surface area is 120 Å². The number of thiazole rings is 2. The molecule has 0 unspecified atom stereocenters. The first-order chi connectivity index (χ1) is 8.95. The lowest BCUT2D eigenvalue weighted by atomic mass is 9.90. The van der Waals surface area contributed by atoms with Gasteiger partial charge in [-0.3, -0.25) is 4.79 Å². The number of aromatic nitrogens is 2. The first-order valence-corrected chi connectivity index (χ1v) is 7.76. The number of hydrogen-bond acceptors (Lipinski definition) is 6. The highest BCUT2D eigenvalue weighted by atomic mass is 32.1. The van der Waals surface area contributed by atoms with Gasteiger partial charge >= 0.3 is 5.97 Å². The van der Waals surface area contributed by atoms with Crippen LogP contribution >= 0.6 is 22.7 Å². The molecule has 0 aliphatic carbocycles. The van der Waals surface area contributed by atoms with E-state index in [0.717, 1.165) is 21.4 Å². The van der Waals surface area contributed by atoms with Gasteiger partial charge in [-0.1, -0.05) is 0 Å². The summed E-state index contributed by atoms with van der Waals surface area (Å²) in [5.74, 6) is -0.248. The van der Waals surface area contributed by atoms with Crippen LogP contribution in [0.4, 0.5) is 0 Å². The van der Waals surface area contributed by atoms with E-state index in [9.17, 15) is 4.79 Å². The molecule has 0 atom stereocenters. The number of carbonyl (C=O) groups is 1. The van der Waals surface area contributed by atoms with Gasteiger partial charge in [-0.15, -0.1) is 22.7 Å². The van der Waals surface area contributed by atoms with Crippen molar-refractivity contribution < 1.29 is 9.53 Å². The van der Waals surface area contributed by atoms with Crippen molar-refractivity contribution in [1.82, 2.24) is 9.97 Å². The number of nitrogens with zero attached hydrogens (tertiary/aromatic N) is 2. The summed E-state index contributed by atoms with van der Waals surface area (Å²) in [6.07, 6.45) is 0. The van der Waals surface area contributed by atoms with E-state index >= 15 is 0 Å². The molecule has 0 bridgehead atoms. The minimum atomic E-state index is -0.725. The molecular formula is C13H16N2O2S2. The van der Waals surface area contributed by atoms with Crippen molar-refractivity contribution in [3.63, 3.8) is 0 Å².